The van der Waals surface area contributed by atoms with E-state index in [1.807, 2.05) is 11.0 Å². The summed E-state index contributed by atoms with van der Waals surface area (Å²) in [5, 5.41) is 11.5. The van der Waals surface area contributed by atoms with E-state index >= 15 is 0 Å². The molecule has 0 aromatic carbocycles. The summed E-state index contributed by atoms with van der Waals surface area (Å²) < 4.78 is 5.54. The molecule has 7 nitrogen and oxygen atoms in total. The van der Waals surface area contributed by atoms with Crippen molar-refractivity contribution in [3.63, 3.8) is 0 Å². The molecule has 2 heterocycles. The molecule has 0 radical (unpaired) electrons. The maximum Gasteiger partial charge on any atom is 0.317 e. The number of carboxylic acids is 1. The third-order valence-corrected chi connectivity index (χ3v) is 3.59. The molecule has 2 rings (SSSR count). The highest BCUT2D eigenvalue weighted by Gasteiger charge is 2.21. The van der Waals surface area contributed by atoms with Gasteiger partial charge in [0.25, 0.3) is 5.91 Å². The minimum absolute atomic E-state index is 0.0307. The van der Waals surface area contributed by atoms with E-state index in [1.54, 1.807) is 19.3 Å². The van der Waals surface area contributed by atoms with Crippen molar-refractivity contribution >= 4 is 11.9 Å². The number of pyridine rings is 1. The molecule has 1 fully saturated rings. The van der Waals surface area contributed by atoms with E-state index in [0.717, 1.165) is 5.69 Å². The lowest BCUT2D eigenvalue weighted by Crippen LogP contribution is -2.35. The highest BCUT2D eigenvalue weighted by atomic mass is 16.5. The Kier molecular flexibility index (Phi) is 5.85. The van der Waals surface area contributed by atoms with Crippen molar-refractivity contribution < 1.29 is 19.4 Å². The summed E-state index contributed by atoms with van der Waals surface area (Å²) >= 11 is 0. The number of amides is 1. The van der Waals surface area contributed by atoms with E-state index in [2.05, 4.69) is 10.3 Å². The van der Waals surface area contributed by atoms with Gasteiger partial charge in [0.1, 0.15) is 0 Å². The third-order valence-electron chi connectivity index (χ3n) is 3.59. The lowest BCUT2D eigenvalue weighted by Gasteiger charge is -2.21. The summed E-state index contributed by atoms with van der Waals surface area (Å²) in [4.78, 5) is 28.5. The van der Waals surface area contributed by atoms with Crippen molar-refractivity contribution in [3.8, 4) is 0 Å². The lowest BCUT2D eigenvalue weighted by atomic mass is 10.0. The molecule has 1 saturated heterocycles. The number of ether oxygens (including phenoxy) is 1. The minimum atomic E-state index is -0.825. The molecule has 0 bridgehead atoms. The topological polar surface area (TPSA) is 91.8 Å². The van der Waals surface area contributed by atoms with E-state index in [9.17, 15) is 9.59 Å². The average molecular weight is 307 g/mol. The number of carbonyl (C=O) groups excluding carboxylic acids is 1. The average Bonchev–Trinajstić information content (AvgIpc) is 2.71. The highest BCUT2D eigenvalue weighted by molar-refractivity contribution is 5.93. The molecule has 7 heteroatoms. The van der Waals surface area contributed by atoms with Gasteiger partial charge in [0, 0.05) is 37.9 Å². The molecule has 1 aromatic heterocycles. The zero-order valence-electron chi connectivity index (χ0n) is 12.6. The van der Waals surface area contributed by atoms with Crippen LogP contribution in [0.3, 0.4) is 0 Å². The molecule has 22 heavy (non-hydrogen) atoms. The maximum absolute atomic E-state index is 11.5. The van der Waals surface area contributed by atoms with Gasteiger partial charge in [-0.2, -0.15) is 0 Å². The van der Waals surface area contributed by atoms with Crippen molar-refractivity contribution in [2.24, 2.45) is 5.92 Å². The fourth-order valence-corrected chi connectivity index (χ4v) is 2.53. The van der Waals surface area contributed by atoms with Crippen LogP contribution in [0.15, 0.2) is 18.3 Å². The highest BCUT2D eigenvalue weighted by Crippen LogP contribution is 2.13. The van der Waals surface area contributed by atoms with Crippen molar-refractivity contribution in [1.82, 2.24) is 15.2 Å². The summed E-state index contributed by atoms with van der Waals surface area (Å²) in [7, 11) is 1.58. The van der Waals surface area contributed by atoms with Gasteiger partial charge in [0.15, 0.2) is 0 Å². The van der Waals surface area contributed by atoms with Crippen LogP contribution in [0.5, 0.6) is 0 Å². The largest absolute Gasteiger partial charge is 0.480 e. The van der Waals surface area contributed by atoms with Gasteiger partial charge < -0.3 is 15.2 Å². The molecule has 1 aliphatic heterocycles. The first kappa shape index (κ1) is 16.4. The van der Waals surface area contributed by atoms with Gasteiger partial charge in [-0.1, -0.05) is 0 Å². The van der Waals surface area contributed by atoms with Crippen LogP contribution < -0.4 is 5.32 Å². The zero-order valence-corrected chi connectivity index (χ0v) is 12.6. The molecule has 1 aliphatic rings. The standard InChI is InChI=1S/C15H21N3O4/c1-16-15(21)12-2-3-13(17-7-12)6-11-8-18(9-14(19)20)4-5-22-10-11/h2-3,7,11H,4-6,8-10H2,1H3,(H,16,21)(H,19,20). The molecule has 1 aromatic rings. The smallest absolute Gasteiger partial charge is 0.317 e. The van der Waals surface area contributed by atoms with Crippen molar-refractivity contribution in [2.45, 2.75) is 6.42 Å². The first-order valence-corrected chi connectivity index (χ1v) is 7.27. The van der Waals surface area contributed by atoms with Crippen LogP contribution in [0.2, 0.25) is 0 Å². The monoisotopic (exact) mass is 307 g/mol. The Morgan fingerprint density at radius 2 is 2.32 bits per heavy atom. The minimum Gasteiger partial charge on any atom is -0.480 e. The van der Waals surface area contributed by atoms with Gasteiger partial charge in [0.2, 0.25) is 0 Å². The van der Waals surface area contributed by atoms with Crippen LogP contribution in [0, 0.1) is 5.92 Å². The molecule has 1 amide bonds. The Hall–Kier alpha value is -1.99. The van der Waals surface area contributed by atoms with Crippen LogP contribution in [-0.4, -0.2) is 66.8 Å². The Balaban J connectivity index is 1.96. The SMILES string of the molecule is CNC(=O)c1ccc(CC2COCCN(CC(=O)O)C2)nc1. The quantitative estimate of drug-likeness (QED) is 0.796. The fourth-order valence-electron chi connectivity index (χ4n) is 2.53. The number of carbonyl (C=O) groups is 2. The molecule has 0 spiro atoms. The summed E-state index contributed by atoms with van der Waals surface area (Å²) in [6.45, 7) is 2.47. The van der Waals surface area contributed by atoms with Gasteiger partial charge in [-0.25, -0.2) is 0 Å². The Morgan fingerprint density at radius 1 is 1.50 bits per heavy atom. The van der Waals surface area contributed by atoms with Gasteiger partial charge in [-0.05, 0) is 18.6 Å². The number of aromatic nitrogens is 1. The molecule has 1 atom stereocenters. The molecule has 0 saturated carbocycles. The van der Waals surface area contributed by atoms with E-state index in [-0.39, 0.29) is 18.4 Å². The van der Waals surface area contributed by atoms with Crippen molar-refractivity contribution in [1.29, 1.82) is 0 Å². The summed E-state index contributed by atoms with van der Waals surface area (Å²) in [5.41, 5.74) is 1.40. The molecular formula is C15H21N3O4. The second-order valence-electron chi connectivity index (χ2n) is 5.39. The number of nitrogens with zero attached hydrogens (tertiary/aromatic N) is 2. The molecule has 2 N–H and O–H groups in total. The van der Waals surface area contributed by atoms with Gasteiger partial charge in [-0.15, -0.1) is 0 Å². The molecular weight excluding hydrogens is 286 g/mol. The van der Waals surface area contributed by atoms with E-state index in [1.165, 1.54) is 0 Å². The Bertz CT molecular complexity index is 518. The summed E-state index contributed by atoms with van der Waals surface area (Å²) in [6, 6.07) is 3.57. The lowest BCUT2D eigenvalue weighted by molar-refractivity contribution is -0.138. The number of rotatable bonds is 5. The van der Waals surface area contributed by atoms with Crippen LogP contribution >= 0.6 is 0 Å². The van der Waals surface area contributed by atoms with Crippen LogP contribution in [-0.2, 0) is 16.0 Å². The van der Waals surface area contributed by atoms with Crippen molar-refractivity contribution in [2.75, 3.05) is 39.9 Å². The fraction of sp³-hybridized carbons (Fsp3) is 0.533. The van der Waals surface area contributed by atoms with Gasteiger partial charge in [-0.3, -0.25) is 19.5 Å². The normalized spacial score (nSPS) is 19.4. The number of aliphatic carboxylic acids is 1. The second-order valence-corrected chi connectivity index (χ2v) is 5.39. The van der Waals surface area contributed by atoms with Gasteiger partial charge >= 0.3 is 5.97 Å². The first-order chi connectivity index (χ1) is 10.6. The Morgan fingerprint density at radius 3 is 2.95 bits per heavy atom. The summed E-state index contributed by atoms with van der Waals surface area (Å²) in [6.07, 6.45) is 2.25. The van der Waals surface area contributed by atoms with E-state index in [4.69, 9.17) is 9.84 Å². The number of hydrogen-bond acceptors (Lipinski definition) is 5. The predicted octanol–water partition coefficient (Wildman–Crippen LogP) is 0.0167. The van der Waals surface area contributed by atoms with Crippen molar-refractivity contribution in [3.05, 3.63) is 29.6 Å². The van der Waals surface area contributed by atoms with Gasteiger partial charge in [0.05, 0.1) is 25.3 Å². The predicted molar refractivity (Wildman–Crippen MR) is 79.7 cm³/mol. The third kappa shape index (κ3) is 4.78. The molecule has 120 valence electrons. The second kappa shape index (κ2) is 7.86. The summed E-state index contributed by atoms with van der Waals surface area (Å²) in [5.74, 6) is -0.793. The van der Waals surface area contributed by atoms with Crippen LogP contribution in [0.1, 0.15) is 16.1 Å². The number of hydrogen-bond donors (Lipinski definition) is 2. The maximum atomic E-state index is 11.5. The first-order valence-electron chi connectivity index (χ1n) is 7.27. The number of carboxylic acid groups (broad SMARTS) is 1. The van der Waals surface area contributed by atoms with E-state index in [0.29, 0.717) is 38.3 Å². The number of nitrogens with one attached hydrogen (secondary N) is 1. The van der Waals surface area contributed by atoms with Crippen LogP contribution in [0.25, 0.3) is 0 Å². The van der Waals surface area contributed by atoms with Crippen LogP contribution in [0.4, 0.5) is 0 Å². The Labute approximate surface area is 129 Å². The van der Waals surface area contributed by atoms with E-state index < -0.39 is 5.97 Å². The molecule has 0 aliphatic carbocycles. The molecule has 1 unspecified atom stereocenters. The zero-order chi connectivity index (χ0) is 15.9.